The molecule has 0 aromatic heterocycles. The van der Waals surface area contributed by atoms with Crippen LogP contribution in [-0.2, 0) is 4.79 Å². The second kappa shape index (κ2) is 5.16. The summed E-state index contributed by atoms with van der Waals surface area (Å²) in [6.45, 7) is 6.70. The topological polar surface area (TPSA) is 78.4 Å². The van der Waals surface area contributed by atoms with Crippen LogP contribution >= 0.6 is 0 Å². The molecule has 1 rings (SSSR count). The van der Waals surface area contributed by atoms with Gasteiger partial charge in [0.2, 0.25) is 0 Å². The van der Waals surface area contributed by atoms with Gasteiger partial charge in [-0.3, -0.25) is 4.79 Å². The molecule has 1 aliphatic carbocycles. The molecule has 2 amide bonds. The first-order valence-corrected chi connectivity index (χ1v) is 6.49. The Kier molecular flexibility index (Phi) is 4.24. The van der Waals surface area contributed by atoms with E-state index in [-0.39, 0.29) is 12.1 Å². The van der Waals surface area contributed by atoms with Crippen LogP contribution < -0.4 is 10.6 Å². The molecule has 0 heterocycles. The zero-order chi connectivity index (χ0) is 14.0. The third-order valence-corrected chi connectivity index (χ3v) is 4.21. The van der Waals surface area contributed by atoms with Gasteiger partial charge in [-0.05, 0) is 40.5 Å². The second-order valence-corrected chi connectivity index (χ2v) is 6.13. The lowest BCUT2D eigenvalue weighted by Crippen LogP contribution is -2.59. The van der Waals surface area contributed by atoms with Crippen molar-refractivity contribution in [3.8, 4) is 0 Å². The Labute approximate surface area is 108 Å². The summed E-state index contributed by atoms with van der Waals surface area (Å²) in [5.41, 5.74) is -1.85. The van der Waals surface area contributed by atoms with Gasteiger partial charge < -0.3 is 15.7 Å². The average molecular weight is 256 g/mol. The molecule has 1 fully saturated rings. The average Bonchev–Trinajstić information content (AvgIpc) is 2.68. The Hall–Kier alpha value is -1.26. The van der Waals surface area contributed by atoms with Crippen molar-refractivity contribution in [2.75, 3.05) is 0 Å². The smallest absolute Gasteiger partial charge is 0.315 e. The monoisotopic (exact) mass is 256 g/mol. The Morgan fingerprint density at radius 3 is 2.06 bits per heavy atom. The summed E-state index contributed by atoms with van der Waals surface area (Å²) in [7, 11) is 0. The minimum absolute atomic E-state index is 0.230. The van der Waals surface area contributed by atoms with E-state index in [1.807, 2.05) is 0 Å². The van der Waals surface area contributed by atoms with Gasteiger partial charge in [-0.15, -0.1) is 0 Å². The van der Waals surface area contributed by atoms with Gasteiger partial charge in [0.1, 0.15) is 0 Å². The molecule has 0 atom stereocenters. The molecule has 5 heteroatoms. The lowest BCUT2D eigenvalue weighted by molar-refractivity contribution is -0.150. The van der Waals surface area contributed by atoms with Gasteiger partial charge in [0.05, 0.1) is 11.0 Å². The number of carbonyl (C=O) groups excluding carboxylic acids is 1. The van der Waals surface area contributed by atoms with Crippen LogP contribution in [0.5, 0.6) is 0 Å². The largest absolute Gasteiger partial charge is 0.481 e. The lowest BCUT2D eigenvalue weighted by Gasteiger charge is -2.39. The maximum atomic E-state index is 11.9. The number of carboxylic acids is 1. The van der Waals surface area contributed by atoms with Gasteiger partial charge >= 0.3 is 12.0 Å². The number of nitrogens with one attached hydrogen (secondary N) is 2. The molecule has 0 spiro atoms. The number of carbonyl (C=O) groups is 2. The molecular weight excluding hydrogens is 232 g/mol. The maximum Gasteiger partial charge on any atom is 0.315 e. The number of rotatable bonds is 4. The predicted octanol–water partition coefficient (Wildman–Crippen LogP) is 2.12. The number of aliphatic carboxylic acids is 1. The lowest BCUT2D eigenvalue weighted by atomic mass is 9.74. The first kappa shape index (κ1) is 14.8. The van der Waals surface area contributed by atoms with E-state index in [9.17, 15) is 14.7 Å². The summed E-state index contributed by atoms with van der Waals surface area (Å²) < 4.78 is 0. The molecule has 5 nitrogen and oxygen atoms in total. The van der Waals surface area contributed by atoms with Crippen molar-refractivity contribution in [2.45, 2.75) is 65.0 Å². The van der Waals surface area contributed by atoms with Crippen molar-refractivity contribution in [2.24, 2.45) is 5.41 Å². The first-order valence-electron chi connectivity index (χ1n) is 6.49. The highest BCUT2D eigenvalue weighted by molar-refractivity contribution is 5.79. The van der Waals surface area contributed by atoms with Crippen molar-refractivity contribution in [1.82, 2.24) is 10.6 Å². The predicted molar refractivity (Wildman–Crippen MR) is 69.4 cm³/mol. The standard InChI is InChI=1S/C13H24N2O3/c1-12(2,10(16)17)13(3,4)15-11(18)14-9-7-5-6-8-9/h9H,5-8H2,1-4H3,(H,16,17)(H2,14,15,18). The fourth-order valence-corrected chi connectivity index (χ4v) is 2.00. The van der Waals surface area contributed by atoms with Crippen molar-refractivity contribution in [3.05, 3.63) is 0 Å². The Balaban J connectivity index is 2.58. The molecule has 1 saturated carbocycles. The quantitative estimate of drug-likeness (QED) is 0.721. The fourth-order valence-electron chi connectivity index (χ4n) is 2.00. The summed E-state index contributed by atoms with van der Waals surface area (Å²) in [6, 6.07) is -0.0463. The van der Waals surface area contributed by atoms with Crippen LogP contribution in [0.2, 0.25) is 0 Å². The molecule has 0 saturated heterocycles. The van der Waals surface area contributed by atoms with Crippen LogP contribution in [0.25, 0.3) is 0 Å². The van der Waals surface area contributed by atoms with Gasteiger partial charge in [-0.2, -0.15) is 0 Å². The van der Waals surface area contributed by atoms with E-state index in [0.717, 1.165) is 25.7 Å². The third kappa shape index (κ3) is 3.15. The summed E-state index contributed by atoms with van der Waals surface area (Å²) in [5, 5.41) is 14.9. The van der Waals surface area contributed by atoms with Crippen LogP contribution in [0.1, 0.15) is 53.4 Å². The fraction of sp³-hybridized carbons (Fsp3) is 0.846. The van der Waals surface area contributed by atoms with E-state index in [2.05, 4.69) is 10.6 Å². The minimum Gasteiger partial charge on any atom is -0.481 e. The number of hydrogen-bond donors (Lipinski definition) is 3. The molecule has 0 aromatic rings. The molecule has 0 unspecified atom stereocenters. The van der Waals surface area contributed by atoms with Crippen LogP contribution in [0, 0.1) is 5.41 Å². The first-order chi connectivity index (χ1) is 8.17. The van der Waals surface area contributed by atoms with E-state index in [1.165, 1.54) is 0 Å². The van der Waals surface area contributed by atoms with Crippen molar-refractivity contribution in [3.63, 3.8) is 0 Å². The molecule has 1 aliphatic rings. The highest BCUT2D eigenvalue weighted by Gasteiger charge is 2.44. The van der Waals surface area contributed by atoms with Crippen LogP contribution in [-0.4, -0.2) is 28.7 Å². The highest BCUT2D eigenvalue weighted by atomic mass is 16.4. The number of urea groups is 1. The van der Waals surface area contributed by atoms with Crippen molar-refractivity contribution < 1.29 is 14.7 Å². The van der Waals surface area contributed by atoms with E-state index in [1.54, 1.807) is 27.7 Å². The Morgan fingerprint density at radius 2 is 1.61 bits per heavy atom. The third-order valence-electron chi connectivity index (χ3n) is 4.21. The van der Waals surface area contributed by atoms with Crippen molar-refractivity contribution in [1.29, 1.82) is 0 Å². The van der Waals surface area contributed by atoms with E-state index >= 15 is 0 Å². The van der Waals surface area contributed by atoms with Crippen LogP contribution in [0.15, 0.2) is 0 Å². The van der Waals surface area contributed by atoms with Gasteiger partial charge in [0, 0.05) is 6.04 Å². The van der Waals surface area contributed by atoms with E-state index in [4.69, 9.17) is 0 Å². The molecule has 0 aromatic carbocycles. The van der Waals surface area contributed by atoms with Gasteiger partial charge in [0.25, 0.3) is 0 Å². The summed E-state index contributed by atoms with van der Waals surface area (Å²) in [4.78, 5) is 23.1. The SMILES string of the molecule is CC(C)(NC(=O)NC1CCCC1)C(C)(C)C(=O)O. The minimum atomic E-state index is -1.03. The molecule has 3 N–H and O–H groups in total. The van der Waals surface area contributed by atoms with Crippen LogP contribution in [0.4, 0.5) is 4.79 Å². The van der Waals surface area contributed by atoms with Crippen LogP contribution in [0.3, 0.4) is 0 Å². The highest BCUT2D eigenvalue weighted by Crippen LogP contribution is 2.30. The van der Waals surface area contributed by atoms with E-state index < -0.39 is 16.9 Å². The molecular formula is C13H24N2O3. The molecule has 18 heavy (non-hydrogen) atoms. The molecule has 0 aliphatic heterocycles. The summed E-state index contributed by atoms with van der Waals surface area (Å²) >= 11 is 0. The Morgan fingerprint density at radius 1 is 1.11 bits per heavy atom. The van der Waals surface area contributed by atoms with Gasteiger partial charge in [-0.25, -0.2) is 4.79 Å². The van der Waals surface area contributed by atoms with Gasteiger partial charge in [-0.1, -0.05) is 12.8 Å². The summed E-state index contributed by atoms with van der Waals surface area (Å²) in [6.07, 6.45) is 4.32. The molecule has 104 valence electrons. The Bertz CT molecular complexity index is 331. The molecule has 0 radical (unpaired) electrons. The number of carboxylic acid groups (broad SMARTS) is 1. The van der Waals surface area contributed by atoms with Crippen molar-refractivity contribution >= 4 is 12.0 Å². The number of amides is 2. The second-order valence-electron chi connectivity index (χ2n) is 6.13. The molecule has 0 bridgehead atoms. The maximum absolute atomic E-state index is 11.9. The van der Waals surface area contributed by atoms with E-state index in [0.29, 0.717) is 0 Å². The normalized spacial score (nSPS) is 17.6. The zero-order valence-electron chi connectivity index (χ0n) is 11.7. The summed E-state index contributed by atoms with van der Waals surface area (Å²) in [5.74, 6) is -0.923. The number of hydrogen-bond acceptors (Lipinski definition) is 2. The zero-order valence-corrected chi connectivity index (χ0v) is 11.7. The van der Waals surface area contributed by atoms with Gasteiger partial charge in [0.15, 0.2) is 0 Å².